The van der Waals surface area contributed by atoms with Crippen molar-refractivity contribution in [3.63, 3.8) is 0 Å². The molecule has 0 aromatic heterocycles. The van der Waals surface area contributed by atoms with Gasteiger partial charge in [0.25, 0.3) is 0 Å². The molecule has 18 heavy (non-hydrogen) atoms. The lowest BCUT2D eigenvalue weighted by Gasteiger charge is -2.18. The molecule has 0 bridgehead atoms. The van der Waals surface area contributed by atoms with Crippen LogP contribution in [-0.2, 0) is 6.42 Å². The molecule has 0 spiro atoms. The van der Waals surface area contributed by atoms with Crippen LogP contribution in [0.25, 0.3) is 5.57 Å². The van der Waals surface area contributed by atoms with Crippen molar-refractivity contribution in [1.82, 2.24) is 5.32 Å². The van der Waals surface area contributed by atoms with Gasteiger partial charge in [0.05, 0.1) is 5.37 Å². The Bertz CT molecular complexity index is 454. The minimum atomic E-state index is -0.208. The second kappa shape index (κ2) is 6.64. The zero-order valence-corrected chi connectivity index (χ0v) is 12.0. The minimum Gasteiger partial charge on any atom is -0.377 e. The summed E-state index contributed by atoms with van der Waals surface area (Å²) in [6, 6.07) is 5.09. The number of halogens is 1. The van der Waals surface area contributed by atoms with Gasteiger partial charge < -0.3 is 5.32 Å². The summed E-state index contributed by atoms with van der Waals surface area (Å²) in [5, 5.41) is 3.48. The average Bonchev–Trinajstić information content (AvgIpc) is 2.26. The van der Waals surface area contributed by atoms with Gasteiger partial charge in [0.1, 0.15) is 5.82 Å². The first-order chi connectivity index (χ1) is 8.42. The SMILES string of the molecule is C=C(C)NC(Cc1cc(F)cc(C(=C)C)c1)SC. The van der Waals surface area contributed by atoms with Gasteiger partial charge in [-0.3, -0.25) is 0 Å². The van der Waals surface area contributed by atoms with E-state index in [4.69, 9.17) is 0 Å². The van der Waals surface area contributed by atoms with Crippen molar-refractivity contribution in [2.45, 2.75) is 25.6 Å². The molecule has 1 aromatic rings. The van der Waals surface area contributed by atoms with E-state index in [1.54, 1.807) is 17.8 Å². The van der Waals surface area contributed by atoms with E-state index in [2.05, 4.69) is 18.5 Å². The van der Waals surface area contributed by atoms with Gasteiger partial charge in [-0.15, -0.1) is 11.8 Å². The van der Waals surface area contributed by atoms with E-state index in [9.17, 15) is 4.39 Å². The molecular weight excluding hydrogens is 245 g/mol. The molecule has 0 aliphatic heterocycles. The standard InChI is InChI=1S/C15H20FNS/c1-10(2)13-6-12(7-14(16)9-13)8-15(18-5)17-11(3)4/h6-7,9,15,17H,1,3,8H2,2,4-5H3. The molecule has 1 atom stereocenters. The van der Waals surface area contributed by atoms with Crippen LogP contribution in [0.4, 0.5) is 4.39 Å². The molecule has 1 rings (SSSR count). The molecule has 0 heterocycles. The molecule has 1 nitrogen and oxygen atoms in total. The zero-order valence-electron chi connectivity index (χ0n) is 11.2. The van der Waals surface area contributed by atoms with Crippen molar-refractivity contribution in [3.8, 4) is 0 Å². The van der Waals surface area contributed by atoms with Crippen molar-refractivity contribution in [3.05, 3.63) is 54.0 Å². The van der Waals surface area contributed by atoms with Crippen LogP contribution < -0.4 is 5.32 Å². The topological polar surface area (TPSA) is 12.0 Å². The average molecular weight is 265 g/mol. The highest BCUT2D eigenvalue weighted by Crippen LogP contribution is 2.19. The van der Waals surface area contributed by atoms with Crippen LogP contribution in [0.5, 0.6) is 0 Å². The number of thioether (sulfide) groups is 1. The summed E-state index contributed by atoms with van der Waals surface area (Å²) >= 11 is 1.70. The molecule has 1 unspecified atom stereocenters. The van der Waals surface area contributed by atoms with Crippen LogP contribution in [0.2, 0.25) is 0 Å². The van der Waals surface area contributed by atoms with Gasteiger partial charge in [0.15, 0.2) is 0 Å². The summed E-state index contributed by atoms with van der Waals surface area (Å²) in [5.74, 6) is -0.208. The number of hydrogen-bond acceptors (Lipinski definition) is 2. The van der Waals surface area contributed by atoms with Crippen molar-refractivity contribution in [2.75, 3.05) is 6.26 Å². The summed E-state index contributed by atoms with van der Waals surface area (Å²) in [4.78, 5) is 0. The van der Waals surface area contributed by atoms with Crippen molar-refractivity contribution < 1.29 is 4.39 Å². The monoisotopic (exact) mass is 265 g/mol. The lowest BCUT2D eigenvalue weighted by atomic mass is 10.0. The fourth-order valence-corrected chi connectivity index (χ4v) is 2.37. The molecule has 3 heteroatoms. The van der Waals surface area contributed by atoms with E-state index < -0.39 is 0 Å². The van der Waals surface area contributed by atoms with E-state index in [0.717, 1.165) is 28.8 Å². The van der Waals surface area contributed by atoms with Crippen molar-refractivity contribution >= 4 is 17.3 Å². The van der Waals surface area contributed by atoms with Gasteiger partial charge >= 0.3 is 0 Å². The maximum absolute atomic E-state index is 13.5. The summed E-state index contributed by atoms with van der Waals surface area (Å²) in [7, 11) is 0. The number of nitrogens with one attached hydrogen (secondary N) is 1. The van der Waals surface area contributed by atoms with E-state index in [0.29, 0.717) is 0 Å². The third-order valence-corrected chi connectivity index (χ3v) is 3.42. The Morgan fingerprint density at radius 1 is 1.33 bits per heavy atom. The molecule has 98 valence electrons. The highest BCUT2D eigenvalue weighted by Gasteiger charge is 2.09. The molecule has 0 amide bonds. The Morgan fingerprint density at radius 3 is 2.50 bits per heavy atom. The summed E-state index contributed by atoms with van der Waals surface area (Å²) in [5.41, 5.74) is 3.64. The van der Waals surface area contributed by atoms with E-state index in [1.165, 1.54) is 6.07 Å². The molecule has 0 fully saturated rings. The first kappa shape index (κ1) is 14.8. The van der Waals surface area contributed by atoms with Crippen LogP contribution in [0.3, 0.4) is 0 Å². The summed E-state index contributed by atoms with van der Waals surface area (Å²) in [6.07, 6.45) is 2.78. The minimum absolute atomic E-state index is 0.208. The maximum Gasteiger partial charge on any atom is 0.124 e. The quantitative estimate of drug-likeness (QED) is 0.773. The van der Waals surface area contributed by atoms with Crippen LogP contribution in [-0.4, -0.2) is 11.6 Å². The second-order valence-corrected chi connectivity index (χ2v) is 5.52. The lowest BCUT2D eigenvalue weighted by Crippen LogP contribution is -2.25. The van der Waals surface area contributed by atoms with Crippen LogP contribution >= 0.6 is 11.8 Å². The molecular formula is C15H20FNS. The summed E-state index contributed by atoms with van der Waals surface area (Å²) in [6.45, 7) is 11.5. The fraction of sp³-hybridized carbons (Fsp3) is 0.333. The highest BCUT2D eigenvalue weighted by atomic mass is 32.2. The first-order valence-electron chi connectivity index (χ1n) is 5.82. The van der Waals surface area contributed by atoms with E-state index in [1.807, 2.05) is 26.2 Å². The normalized spacial score (nSPS) is 12.0. The Labute approximate surface area is 113 Å². The molecule has 0 saturated carbocycles. The summed E-state index contributed by atoms with van der Waals surface area (Å²) < 4.78 is 13.5. The molecule has 0 radical (unpaired) electrons. The molecule has 0 aliphatic rings. The fourth-order valence-electron chi connectivity index (χ4n) is 1.70. The smallest absolute Gasteiger partial charge is 0.124 e. The van der Waals surface area contributed by atoms with Gasteiger partial charge in [-0.05, 0) is 43.4 Å². The zero-order chi connectivity index (χ0) is 13.7. The van der Waals surface area contributed by atoms with Gasteiger partial charge in [0.2, 0.25) is 0 Å². The third-order valence-electron chi connectivity index (χ3n) is 2.56. The van der Waals surface area contributed by atoms with Crippen LogP contribution in [0.1, 0.15) is 25.0 Å². The Balaban J connectivity index is 2.88. The molecule has 1 N–H and O–H groups in total. The number of rotatable bonds is 6. The predicted octanol–water partition coefficient (Wildman–Crippen LogP) is 4.21. The first-order valence-corrected chi connectivity index (χ1v) is 7.11. The Hall–Kier alpha value is -1.22. The molecule has 1 aromatic carbocycles. The molecule has 0 saturated heterocycles. The number of benzene rings is 1. The van der Waals surface area contributed by atoms with Crippen LogP contribution in [0.15, 0.2) is 37.1 Å². The van der Waals surface area contributed by atoms with Gasteiger partial charge in [-0.1, -0.05) is 24.8 Å². The molecule has 0 aliphatic carbocycles. The van der Waals surface area contributed by atoms with Crippen molar-refractivity contribution in [1.29, 1.82) is 0 Å². The highest BCUT2D eigenvalue weighted by molar-refractivity contribution is 7.99. The Morgan fingerprint density at radius 2 is 2.00 bits per heavy atom. The second-order valence-electron chi connectivity index (χ2n) is 4.48. The van der Waals surface area contributed by atoms with Crippen molar-refractivity contribution in [2.24, 2.45) is 0 Å². The Kier molecular flexibility index (Phi) is 5.48. The van der Waals surface area contributed by atoms with Gasteiger partial charge in [-0.2, -0.15) is 0 Å². The number of allylic oxidation sites excluding steroid dienone is 2. The largest absolute Gasteiger partial charge is 0.377 e. The van der Waals surface area contributed by atoms with Gasteiger partial charge in [0, 0.05) is 12.1 Å². The maximum atomic E-state index is 13.5. The predicted molar refractivity (Wildman–Crippen MR) is 80.1 cm³/mol. The van der Waals surface area contributed by atoms with E-state index >= 15 is 0 Å². The number of hydrogen-bond donors (Lipinski definition) is 1. The van der Waals surface area contributed by atoms with Gasteiger partial charge in [-0.25, -0.2) is 4.39 Å². The van der Waals surface area contributed by atoms with Crippen LogP contribution in [0, 0.1) is 5.82 Å². The van der Waals surface area contributed by atoms with E-state index in [-0.39, 0.29) is 11.2 Å². The lowest BCUT2D eigenvalue weighted by molar-refractivity contribution is 0.623. The third kappa shape index (κ3) is 4.57.